The molecule has 0 atom stereocenters. The lowest BCUT2D eigenvalue weighted by Crippen LogP contribution is -1.97. The monoisotopic (exact) mass is 325 g/mol. The number of nitro benzene ring substituents is 1. The lowest BCUT2D eigenvalue weighted by Gasteiger charge is -2.08. The van der Waals surface area contributed by atoms with Crippen LogP contribution in [0.5, 0.6) is 5.75 Å². The van der Waals surface area contributed by atoms with Crippen LogP contribution in [-0.2, 0) is 6.61 Å². The minimum absolute atomic E-state index is 0.0340. The third-order valence-electron chi connectivity index (χ3n) is 2.44. The number of nitrogens with zero attached hydrogens (tertiary/aromatic N) is 1. The quantitative estimate of drug-likeness (QED) is 0.628. The van der Waals surface area contributed by atoms with E-state index in [1.165, 1.54) is 30.3 Å². The molecule has 2 rings (SSSR count). The summed E-state index contributed by atoms with van der Waals surface area (Å²) in [6.07, 6.45) is 0. The van der Waals surface area contributed by atoms with Gasteiger partial charge in [0.25, 0.3) is 5.69 Å². The second-order valence-corrected chi connectivity index (χ2v) is 4.64. The van der Waals surface area contributed by atoms with E-state index in [0.717, 1.165) is 5.56 Å². The SMILES string of the molecule is O=[N+]([O-])c1ccc(COc2ccc(F)cc2Br)cc1. The molecule has 0 fully saturated rings. The fourth-order valence-corrected chi connectivity index (χ4v) is 1.93. The fourth-order valence-electron chi connectivity index (χ4n) is 1.47. The van der Waals surface area contributed by atoms with Crippen molar-refractivity contribution in [1.82, 2.24) is 0 Å². The van der Waals surface area contributed by atoms with Gasteiger partial charge in [-0.1, -0.05) is 0 Å². The van der Waals surface area contributed by atoms with Gasteiger partial charge in [0.05, 0.1) is 9.40 Å². The summed E-state index contributed by atoms with van der Waals surface area (Å²) < 4.78 is 18.9. The van der Waals surface area contributed by atoms with E-state index in [-0.39, 0.29) is 18.1 Å². The van der Waals surface area contributed by atoms with Crippen LogP contribution in [-0.4, -0.2) is 4.92 Å². The van der Waals surface area contributed by atoms with Gasteiger partial charge in [-0.3, -0.25) is 10.1 Å². The predicted molar refractivity (Wildman–Crippen MR) is 71.5 cm³/mol. The first kappa shape index (κ1) is 13.5. The highest BCUT2D eigenvalue weighted by Crippen LogP contribution is 2.26. The van der Waals surface area contributed by atoms with Crippen LogP contribution in [0.4, 0.5) is 10.1 Å². The van der Waals surface area contributed by atoms with E-state index in [1.807, 2.05) is 0 Å². The highest BCUT2D eigenvalue weighted by atomic mass is 79.9. The first-order chi connectivity index (χ1) is 9.06. The van der Waals surface area contributed by atoms with Crippen LogP contribution in [0.25, 0.3) is 0 Å². The molecule has 0 radical (unpaired) electrons. The number of non-ortho nitro benzene ring substituents is 1. The summed E-state index contributed by atoms with van der Waals surface area (Å²) in [6.45, 7) is 0.252. The Balaban J connectivity index is 2.04. The third kappa shape index (κ3) is 3.51. The van der Waals surface area contributed by atoms with Crippen molar-refractivity contribution in [2.45, 2.75) is 6.61 Å². The molecule has 2 aromatic rings. The molecule has 0 aromatic heterocycles. The van der Waals surface area contributed by atoms with E-state index >= 15 is 0 Å². The molecule has 0 saturated heterocycles. The van der Waals surface area contributed by atoms with Crippen LogP contribution in [0.2, 0.25) is 0 Å². The Morgan fingerprint density at radius 2 is 1.89 bits per heavy atom. The van der Waals surface area contributed by atoms with Crippen molar-refractivity contribution in [2.24, 2.45) is 0 Å². The lowest BCUT2D eigenvalue weighted by atomic mass is 10.2. The van der Waals surface area contributed by atoms with Crippen LogP contribution < -0.4 is 4.74 Å². The molecule has 0 aliphatic carbocycles. The van der Waals surface area contributed by atoms with Gasteiger partial charge in [0.15, 0.2) is 0 Å². The van der Waals surface area contributed by atoms with Gasteiger partial charge in [-0.05, 0) is 51.8 Å². The number of benzene rings is 2. The van der Waals surface area contributed by atoms with Crippen LogP contribution >= 0.6 is 15.9 Å². The topological polar surface area (TPSA) is 52.4 Å². The van der Waals surface area contributed by atoms with Crippen molar-refractivity contribution in [3.63, 3.8) is 0 Å². The van der Waals surface area contributed by atoms with Gasteiger partial charge in [0.2, 0.25) is 0 Å². The zero-order valence-corrected chi connectivity index (χ0v) is 11.3. The maximum absolute atomic E-state index is 12.9. The molecule has 0 spiro atoms. The molecule has 2 aromatic carbocycles. The Bertz CT molecular complexity index is 601. The first-order valence-electron chi connectivity index (χ1n) is 5.37. The smallest absolute Gasteiger partial charge is 0.269 e. The molecule has 19 heavy (non-hydrogen) atoms. The Labute approximate surface area is 117 Å². The summed E-state index contributed by atoms with van der Waals surface area (Å²) in [6, 6.07) is 10.2. The third-order valence-corrected chi connectivity index (χ3v) is 3.06. The van der Waals surface area contributed by atoms with Gasteiger partial charge >= 0.3 is 0 Å². The second kappa shape index (κ2) is 5.79. The van der Waals surface area contributed by atoms with Crippen LogP contribution in [0.3, 0.4) is 0 Å². The molecule has 0 N–H and O–H groups in total. The lowest BCUT2D eigenvalue weighted by molar-refractivity contribution is -0.384. The molecule has 0 aliphatic rings. The molecule has 0 saturated carbocycles. The van der Waals surface area contributed by atoms with E-state index in [1.54, 1.807) is 12.1 Å². The Morgan fingerprint density at radius 1 is 1.21 bits per heavy atom. The van der Waals surface area contributed by atoms with Crippen LogP contribution in [0, 0.1) is 15.9 Å². The van der Waals surface area contributed by atoms with Crippen LogP contribution in [0.15, 0.2) is 46.9 Å². The highest BCUT2D eigenvalue weighted by molar-refractivity contribution is 9.10. The van der Waals surface area contributed by atoms with Gasteiger partial charge < -0.3 is 4.74 Å². The number of halogens is 2. The zero-order valence-electron chi connectivity index (χ0n) is 9.68. The standard InChI is InChI=1S/C13H9BrFNO3/c14-12-7-10(15)3-6-13(12)19-8-9-1-4-11(5-2-9)16(17)18/h1-7H,8H2. The van der Waals surface area contributed by atoms with Gasteiger partial charge in [0, 0.05) is 12.1 Å². The van der Waals surface area contributed by atoms with Gasteiger partial charge in [-0.2, -0.15) is 0 Å². The van der Waals surface area contributed by atoms with E-state index in [9.17, 15) is 14.5 Å². The first-order valence-corrected chi connectivity index (χ1v) is 6.17. The van der Waals surface area contributed by atoms with E-state index in [4.69, 9.17) is 4.74 Å². The van der Waals surface area contributed by atoms with Gasteiger partial charge in [-0.15, -0.1) is 0 Å². The van der Waals surface area contributed by atoms with Crippen molar-refractivity contribution in [1.29, 1.82) is 0 Å². The molecule has 4 nitrogen and oxygen atoms in total. The van der Waals surface area contributed by atoms with Crippen molar-refractivity contribution in [3.05, 3.63) is 68.4 Å². The molecule has 0 amide bonds. The van der Waals surface area contributed by atoms with Gasteiger partial charge in [0.1, 0.15) is 18.2 Å². The molecule has 0 aliphatic heterocycles. The Kier molecular flexibility index (Phi) is 4.11. The average molecular weight is 326 g/mol. The van der Waals surface area contributed by atoms with E-state index in [2.05, 4.69) is 15.9 Å². The van der Waals surface area contributed by atoms with Crippen LogP contribution in [0.1, 0.15) is 5.56 Å². The maximum atomic E-state index is 12.9. The average Bonchev–Trinajstić information content (AvgIpc) is 2.38. The molecule has 0 unspecified atom stereocenters. The molecule has 98 valence electrons. The number of hydrogen-bond acceptors (Lipinski definition) is 3. The minimum Gasteiger partial charge on any atom is -0.488 e. The van der Waals surface area contributed by atoms with Crippen molar-refractivity contribution in [2.75, 3.05) is 0 Å². The van der Waals surface area contributed by atoms with Crippen molar-refractivity contribution >= 4 is 21.6 Å². The summed E-state index contributed by atoms with van der Waals surface area (Å²) >= 11 is 3.20. The highest BCUT2D eigenvalue weighted by Gasteiger charge is 2.06. The largest absolute Gasteiger partial charge is 0.488 e. The summed E-state index contributed by atoms with van der Waals surface area (Å²) in [5, 5.41) is 10.5. The predicted octanol–water partition coefficient (Wildman–Crippen LogP) is 4.08. The Morgan fingerprint density at radius 3 is 2.47 bits per heavy atom. The van der Waals surface area contributed by atoms with E-state index < -0.39 is 4.92 Å². The molecular weight excluding hydrogens is 317 g/mol. The number of hydrogen-bond donors (Lipinski definition) is 0. The molecule has 6 heteroatoms. The normalized spacial score (nSPS) is 10.2. The molecule has 0 bridgehead atoms. The number of ether oxygens (including phenoxy) is 1. The second-order valence-electron chi connectivity index (χ2n) is 3.79. The minimum atomic E-state index is -0.457. The Hall–Kier alpha value is -1.95. The van der Waals surface area contributed by atoms with Gasteiger partial charge in [-0.25, -0.2) is 4.39 Å². The maximum Gasteiger partial charge on any atom is 0.269 e. The summed E-state index contributed by atoms with van der Waals surface area (Å²) in [7, 11) is 0. The molecule has 0 heterocycles. The zero-order chi connectivity index (χ0) is 13.8. The van der Waals surface area contributed by atoms with Crippen molar-refractivity contribution in [3.8, 4) is 5.75 Å². The van der Waals surface area contributed by atoms with Crippen molar-refractivity contribution < 1.29 is 14.1 Å². The molecular formula is C13H9BrFNO3. The summed E-state index contributed by atoms with van der Waals surface area (Å²) in [4.78, 5) is 10.0. The number of rotatable bonds is 4. The summed E-state index contributed by atoms with van der Waals surface area (Å²) in [5.74, 6) is 0.161. The number of nitro groups is 1. The van der Waals surface area contributed by atoms with E-state index in [0.29, 0.717) is 10.2 Å². The summed E-state index contributed by atoms with van der Waals surface area (Å²) in [5.41, 5.74) is 0.827. The fraction of sp³-hybridized carbons (Fsp3) is 0.0769.